The second-order valence-corrected chi connectivity index (χ2v) is 7.42. The molecular formula is C22H22N6. The van der Waals surface area contributed by atoms with Crippen molar-refractivity contribution in [3.05, 3.63) is 78.3 Å². The zero-order chi connectivity index (χ0) is 18.9. The Bertz CT molecular complexity index is 1100. The van der Waals surface area contributed by atoms with Crippen LogP contribution in [-0.2, 0) is 6.54 Å². The first-order chi connectivity index (χ1) is 13.7. The number of hydrogen-bond donors (Lipinski definition) is 0. The zero-order valence-electron chi connectivity index (χ0n) is 15.9. The van der Waals surface area contributed by atoms with E-state index in [0.29, 0.717) is 5.92 Å². The summed E-state index contributed by atoms with van der Waals surface area (Å²) in [7, 11) is 0. The molecule has 0 unspecified atom stereocenters. The summed E-state index contributed by atoms with van der Waals surface area (Å²) in [6.07, 6.45) is 6.75. The first-order valence-electron chi connectivity index (χ1n) is 9.66. The Hall–Kier alpha value is -3.12. The average molecular weight is 370 g/mol. The topological polar surface area (TPSA) is 59.2 Å². The number of fused-ring (bicyclic) bond motifs is 1. The molecule has 140 valence electrons. The van der Waals surface area contributed by atoms with Crippen LogP contribution in [-0.4, -0.2) is 42.6 Å². The second-order valence-electron chi connectivity index (χ2n) is 7.42. The molecule has 5 rings (SSSR count). The number of rotatable bonds is 4. The molecule has 0 saturated carbocycles. The van der Waals surface area contributed by atoms with Gasteiger partial charge in [-0.3, -0.25) is 14.9 Å². The van der Waals surface area contributed by atoms with Gasteiger partial charge in [0.2, 0.25) is 0 Å². The van der Waals surface area contributed by atoms with Crippen LogP contribution in [0.4, 0.5) is 0 Å². The number of likely N-dealkylation sites (tertiary alicyclic amines) is 1. The summed E-state index contributed by atoms with van der Waals surface area (Å²) < 4.78 is 1.90. The van der Waals surface area contributed by atoms with Crippen molar-refractivity contribution in [2.75, 3.05) is 13.1 Å². The van der Waals surface area contributed by atoms with E-state index in [0.717, 1.165) is 60.0 Å². The van der Waals surface area contributed by atoms with Crippen molar-refractivity contribution in [1.82, 2.24) is 29.5 Å². The fourth-order valence-electron chi connectivity index (χ4n) is 3.89. The molecule has 4 aromatic rings. The predicted octanol–water partition coefficient (Wildman–Crippen LogP) is 3.48. The highest BCUT2D eigenvalue weighted by molar-refractivity contribution is 5.63. The molecule has 1 atom stereocenters. The Labute approximate surface area is 163 Å². The van der Waals surface area contributed by atoms with E-state index in [1.165, 1.54) is 0 Å². The molecule has 1 fully saturated rings. The van der Waals surface area contributed by atoms with Crippen LogP contribution >= 0.6 is 0 Å². The van der Waals surface area contributed by atoms with Crippen LogP contribution in [0.5, 0.6) is 0 Å². The molecule has 0 aromatic carbocycles. The third-order valence-electron chi connectivity index (χ3n) is 5.33. The third kappa shape index (κ3) is 3.39. The van der Waals surface area contributed by atoms with Crippen LogP contribution in [0.15, 0.2) is 61.1 Å². The first kappa shape index (κ1) is 17.0. The van der Waals surface area contributed by atoms with E-state index in [2.05, 4.69) is 33.1 Å². The van der Waals surface area contributed by atoms with Crippen LogP contribution in [0.2, 0.25) is 0 Å². The summed E-state index contributed by atoms with van der Waals surface area (Å²) in [5, 5.41) is 4.78. The lowest BCUT2D eigenvalue weighted by molar-refractivity contribution is 0.321. The van der Waals surface area contributed by atoms with E-state index in [-0.39, 0.29) is 0 Å². The molecule has 0 aliphatic carbocycles. The van der Waals surface area contributed by atoms with E-state index in [1.807, 2.05) is 54.3 Å². The maximum absolute atomic E-state index is 4.78. The minimum atomic E-state index is 0.370. The Balaban J connectivity index is 1.34. The number of aromatic nitrogens is 5. The Kier molecular flexibility index (Phi) is 4.33. The zero-order valence-corrected chi connectivity index (χ0v) is 15.9. The van der Waals surface area contributed by atoms with Gasteiger partial charge in [-0.2, -0.15) is 5.10 Å². The molecule has 0 radical (unpaired) electrons. The molecule has 0 bridgehead atoms. The highest BCUT2D eigenvalue weighted by Gasteiger charge is 2.27. The summed E-state index contributed by atoms with van der Waals surface area (Å²) in [5.74, 6) is 1.31. The average Bonchev–Trinajstić information content (AvgIpc) is 3.35. The van der Waals surface area contributed by atoms with Crippen LogP contribution in [0, 0.1) is 6.92 Å². The minimum Gasteiger partial charge on any atom is -0.297 e. The van der Waals surface area contributed by atoms with E-state index in [9.17, 15) is 0 Å². The van der Waals surface area contributed by atoms with E-state index >= 15 is 0 Å². The predicted molar refractivity (Wildman–Crippen MR) is 108 cm³/mol. The molecule has 0 N–H and O–H groups in total. The lowest BCUT2D eigenvalue weighted by Crippen LogP contribution is -2.20. The Morgan fingerprint density at radius 2 is 1.89 bits per heavy atom. The highest BCUT2D eigenvalue weighted by Crippen LogP contribution is 2.27. The lowest BCUT2D eigenvalue weighted by atomic mass is 10.1. The summed E-state index contributed by atoms with van der Waals surface area (Å²) in [5.41, 5.74) is 5.34. The van der Waals surface area contributed by atoms with Crippen molar-refractivity contribution in [1.29, 1.82) is 0 Å². The van der Waals surface area contributed by atoms with Crippen LogP contribution in [0.3, 0.4) is 0 Å². The Morgan fingerprint density at radius 1 is 1.00 bits per heavy atom. The molecule has 0 spiro atoms. The quantitative estimate of drug-likeness (QED) is 0.550. The van der Waals surface area contributed by atoms with Crippen molar-refractivity contribution >= 4 is 5.65 Å². The van der Waals surface area contributed by atoms with Crippen molar-refractivity contribution in [2.24, 2.45) is 0 Å². The van der Waals surface area contributed by atoms with Crippen molar-refractivity contribution in [2.45, 2.75) is 25.8 Å². The largest absolute Gasteiger partial charge is 0.297 e. The Morgan fingerprint density at radius 3 is 2.75 bits per heavy atom. The molecule has 4 aromatic heterocycles. The van der Waals surface area contributed by atoms with Gasteiger partial charge in [0.05, 0.1) is 5.69 Å². The van der Waals surface area contributed by atoms with Gasteiger partial charge in [-0.25, -0.2) is 9.50 Å². The maximum atomic E-state index is 4.78. The second kappa shape index (κ2) is 7.13. The summed E-state index contributed by atoms with van der Waals surface area (Å²) in [6.45, 7) is 4.96. The van der Waals surface area contributed by atoms with Gasteiger partial charge in [0.1, 0.15) is 0 Å². The highest BCUT2D eigenvalue weighted by atomic mass is 15.3. The third-order valence-corrected chi connectivity index (χ3v) is 5.33. The van der Waals surface area contributed by atoms with Crippen LogP contribution < -0.4 is 0 Å². The van der Waals surface area contributed by atoms with Crippen LogP contribution in [0.25, 0.3) is 16.8 Å². The molecule has 5 heterocycles. The van der Waals surface area contributed by atoms with Crippen molar-refractivity contribution in [3.63, 3.8) is 0 Å². The fraction of sp³-hybridized carbons (Fsp3) is 0.273. The van der Waals surface area contributed by atoms with E-state index in [1.54, 1.807) is 0 Å². The summed E-state index contributed by atoms with van der Waals surface area (Å²) in [4.78, 5) is 15.9. The van der Waals surface area contributed by atoms with Crippen molar-refractivity contribution in [3.8, 4) is 11.1 Å². The monoisotopic (exact) mass is 370 g/mol. The summed E-state index contributed by atoms with van der Waals surface area (Å²) >= 11 is 0. The molecule has 1 saturated heterocycles. The number of pyridine rings is 3. The van der Waals surface area contributed by atoms with Crippen molar-refractivity contribution < 1.29 is 0 Å². The number of aryl methyl sites for hydroxylation is 1. The maximum Gasteiger partial charge on any atom is 0.156 e. The molecule has 0 amide bonds. The van der Waals surface area contributed by atoms with Gasteiger partial charge in [0.25, 0.3) is 0 Å². The van der Waals surface area contributed by atoms with Gasteiger partial charge >= 0.3 is 0 Å². The van der Waals surface area contributed by atoms with E-state index in [4.69, 9.17) is 10.1 Å². The molecule has 6 heteroatoms. The molecule has 1 aliphatic heterocycles. The van der Waals surface area contributed by atoms with Gasteiger partial charge < -0.3 is 0 Å². The standard InChI is InChI=1S/C22H22N6/c1-16-3-2-4-20(24-16)15-27-12-9-19(13-27)22-25-21-6-5-18(14-28(21)26-22)17-7-10-23-11-8-17/h2-8,10-11,14,19H,9,12-13,15H2,1H3/t19-/m1/s1. The van der Waals surface area contributed by atoms with Gasteiger partial charge in [-0.05, 0) is 61.9 Å². The molecule has 28 heavy (non-hydrogen) atoms. The van der Waals surface area contributed by atoms with Gasteiger partial charge in [0.15, 0.2) is 11.5 Å². The summed E-state index contributed by atoms with van der Waals surface area (Å²) in [6, 6.07) is 14.4. The van der Waals surface area contributed by atoms with E-state index < -0.39 is 0 Å². The fourth-order valence-corrected chi connectivity index (χ4v) is 3.89. The van der Waals surface area contributed by atoms with Gasteiger partial charge in [-0.1, -0.05) is 6.07 Å². The SMILES string of the molecule is Cc1cccc(CN2CC[C@@H](c3nc4ccc(-c5ccncc5)cn4n3)C2)n1. The smallest absolute Gasteiger partial charge is 0.156 e. The first-order valence-corrected chi connectivity index (χ1v) is 9.66. The number of hydrogen-bond acceptors (Lipinski definition) is 5. The number of nitrogens with zero attached hydrogens (tertiary/aromatic N) is 6. The molecule has 1 aliphatic rings. The van der Waals surface area contributed by atoms with Gasteiger partial charge in [0, 0.05) is 48.9 Å². The van der Waals surface area contributed by atoms with Crippen LogP contribution in [0.1, 0.15) is 29.6 Å². The minimum absolute atomic E-state index is 0.370. The normalized spacial score (nSPS) is 17.4. The molecular weight excluding hydrogens is 348 g/mol. The lowest BCUT2D eigenvalue weighted by Gasteiger charge is -2.14. The van der Waals surface area contributed by atoms with Gasteiger partial charge in [-0.15, -0.1) is 0 Å². The molecule has 6 nitrogen and oxygen atoms in total.